The third-order valence-electron chi connectivity index (χ3n) is 1.91. The van der Waals surface area contributed by atoms with Crippen LogP contribution in [-0.4, -0.2) is 9.97 Å². The Kier molecular flexibility index (Phi) is 8.49. The number of hydrogen-bond donors (Lipinski definition) is 0. The second-order valence-electron chi connectivity index (χ2n) is 3.17. The van der Waals surface area contributed by atoms with Gasteiger partial charge in [0.25, 0.3) is 0 Å². The highest BCUT2D eigenvalue weighted by atomic mass is 19.2. The minimum Gasteiger partial charge on any atom is -0.226 e. The van der Waals surface area contributed by atoms with Gasteiger partial charge in [-0.2, -0.15) is 19.3 Å². The molecule has 0 aliphatic heterocycles. The van der Waals surface area contributed by atoms with Gasteiger partial charge in [-0.25, -0.2) is 18.7 Å². The zero-order chi connectivity index (χ0) is 17.1. The fraction of sp³-hybridized carbons (Fsp3) is 0.143. The van der Waals surface area contributed by atoms with Crippen LogP contribution in [-0.2, 0) is 0 Å². The molecule has 0 saturated carbocycles. The largest absolute Gasteiger partial charge is 0.250 e. The summed E-state index contributed by atoms with van der Waals surface area (Å²) in [6.45, 7) is 4.00. The quantitative estimate of drug-likeness (QED) is 0.551. The van der Waals surface area contributed by atoms with Crippen molar-refractivity contribution in [3.05, 3.63) is 59.2 Å². The van der Waals surface area contributed by atoms with Gasteiger partial charge in [-0.05, 0) is 6.07 Å². The van der Waals surface area contributed by atoms with E-state index in [1.54, 1.807) is 0 Å². The Morgan fingerprint density at radius 2 is 1.55 bits per heavy atom. The molecule has 0 saturated heterocycles. The Bertz CT molecular complexity index is 693. The van der Waals surface area contributed by atoms with E-state index in [1.165, 1.54) is 12.1 Å². The molecular weight excluding hydrogens is 300 g/mol. The van der Waals surface area contributed by atoms with E-state index in [1.807, 2.05) is 13.8 Å². The number of nitrogens with zero attached hydrogens (tertiary/aromatic N) is 4. The van der Waals surface area contributed by atoms with Gasteiger partial charge in [-0.1, -0.05) is 13.8 Å². The number of pyridine rings is 2. The second-order valence-corrected chi connectivity index (χ2v) is 3.17. The highest BCUT2D eigenvalue weighted by molar-refractivity contribution is 5.28. The van der Waals surface area contributed by atoms with Gasteiger partial charge in [-0.15, -0.1) is 0 Å². The first kappa shape index (κ1) is 19.0. The van der Waals surface area contributed by atoms with E-state index in [0.29, 0.717) is 6.20 Å². The summed E-state index contributed by atoms with van der Waals surface area (Å²) in [6, 6.07) is 4.82. The lowest BCUT2D eigenvalue weighted by molar-refractivity contribution is 0.477. The maximum absolute atomic E-state index is 12.3. The molecule has 0 aliphatic rings. The van der Waals surface area contributed by atoms with Crippen molar-refractivity contribution < 1.29 is 17.6 Å². The fourth-order valence-electron chi connectivity index (χ4n) is 1.00. The predicted molar refractivity (Wildman–Crippen MR) is 69.1 cm³/mol. The average molecular weight is 310 g/mol. The number of rotatable bonds is 0. The van der Waals surface area contributed by atoms with Crippen LogP contribution in [0, 0.1) is 46.2 Å². The topological polar surface area (TPSA) is 73.4 Å². The van der Waals surface area contributed by atoms with Gasteiger partial charge in [-0.3, -0.25) is 0 Å². The van der Waals surface area contributed by atoms with Crippen molar-refractivity contribution in [2.75, 3.05) is 0 Å². The van der Waals surface area contributed by atoms with Crippen LogP contribution in [0.1, 0.15) is 25.0 Å². The number of nitriles is 2. The van der Waals surface area contributed by atoms with Gasteiger partial charge in [0.1, 0.15) is 12.1 Å². The standard InChI is InChI=1S/2C6H2F2N2.C2H6/c7-5-3-10-6(8)1-4(5)2-9;7-5-4(3-9)1-2-10-6(5)8;1-2/h1,3H;1-2H;1-2H3. The smallest absolute Gasteiger partial charge is 0.226 e. The molecule has 4 nitrogen and oxygen atoms in total. The lowest BCUT2D eigenvalue weighted by atomic mass is 10.3. The van der Waals surface area contributed by atoms with Gasteiger partial charge in [0, 0.05) is 12.3 Å². The molecule has 0 bridgehead atoms. The van der Waals surface area contributed by atoms with Crippen molar-refractivity contribution in [2.45, 2.75) is 13.8 Å². The molecule has 2 heterocycles. The van der Waals surface area contributed by atoms with E-state index in [2.05, 4.69) is 9.97 Å². The molecule has 0 amide bonds. The van der Waals surface area contributed by atoms with Crippen molar-refractivity contribution >= 4 is 0 Å². The molecule has 0 spiro atoms. The fourth-order valence-corrected chi connectivity index (χ4v) is 1.00. The van der Waals surface area contributed by atoms with Crippen molar-refractivity contribution in [3.63, 3.8) is 0 Å². The van der Waals surface area contributed by atoms with E-state index >= 15 is 0 Å². The van der Waals surface area contributed by atoms with Crippen molar-refractivity contribution in [3.8, 4) is 12.1 Å². The van der Waals surface area contributed by atoms with Crippen molar-refractivity contribution in [2.24, 2.45) is 0 Å². The molecule has 0 aliphatic carbocycles. The molecule has 2 rings (SSSR count). The van der Waals surface area contributed by atoms with E-state index in [-0.39, 0.29) is 11.1 Å². The zero-order valence-corrected chi connectivity index (χ0v) is 11.6. The lowest BCUT2D eigenvalue weighted by Crippen LogP contribution is -1.91. The number of aromatic nitrogens is 2. The molecule has 2 aromatic heterocycles. The van der Waals surface area contributed by atoms with Crippen LogP contribution >= 0.6 is 0 Å². The van der Waals surface area contributed by atoms with Gasteiger partial charge >= 0.3 is 0 Å². The Morgan fingerprint density at radius 1 is 0.955 bits per heavy atom. The lowest BCUT2D eigenvalue weighted by Gasteiger charge is -1.90. The number of halogens is 4. The third-order valence-corrected chi connectivity index (χ3v) is 1.91. The number of hydrogen-bond acceptors (Lipinski definition) is 4. The monoisotopic (exact) mass is 310 g/mol. The summed E-state index contributed by atoms with van der Waals surface area (Å²) in [5.74, 6) is -4.08. The Labute approximate surface area is 124 Å². The van der Waals surface area contributed by atoms with Crippen LogP contribution in [0.3, 0.4) is 0 Å². The predicted octanol–water partition coefficient (Wildman–Crippen LogP) is 3.49. The summed E-state index contributed by atoms with van der Waals surface area (Å²) in [6.07, 6.45) is 1.71. The van der Waals surface area contributed by atoms with E-state index in [4.69, 9.17) is 10.5 Å². The maximum atomic E-state index is 12.3. The summed E-state index contributed by atoms with van der Waals surface area (Å²) in [7, 11) is 0. The first-order valence-electron chi connectivity index (χ1n) is 5.90. The molecule has 0 fully saturated rings. The highest BCUT2D eigenvalue weighted by Gasteiger charge is 2.06. The molecule has 0 N–H and O–H groups in total. The zero-order valence-electron chi connectivity index (χ0n) is 11.6. The van der Waals surface area contributed by atoms with Crippen molar-refractivity contribution in [1.82, 2.24) is 9.97 Å². The molecule has 2 aromatic rings. The van der Waals surface area contributed by atoms with E-state index in [0.717, 1.165) is 18.3 Å². The summed E-state index contributed by atoms with van der Waals surface area (Å²) in [5.41, 5.74) is -0.653. The van der Waals surface area contributed by atoms with Crippen molar-refractivity contribution in [1.29, 1.82) is 10.5 Å². The first-order valence-corrected chi connectivity index (χ1v) is 5.90. The minimum absolute atomic E-state index is 0.326. The molecule has 114 valence electrons. The summed E-state index contributed by atoms with van der Waals surface area (Å²) >= 11 is 0. The first-order chi connectivity index (χ1) is 10.5. The normalized spacial score (nSPS) is 8.36. The second kappa shape index (κ2) is 9.83. The summed E-state index contributed by atoms with van der Waals surface area (Å²) in [5, 5.41) is 16.3. The van der Waals surface area contributed by atoms with Gasteiger partial charge < -0.3 is 0 Å². The van der Waals surface area contributed by atoms with Crippen LogP contribution in [0.2, 0.25) is 0 Å². The maximum Gasteiger partial charge on any atom is 0.250 e. The third kappa shape index (κ3) is 5.55. The van der Waals surface area contributed by atoms with Crippen LogP contribution in [0.4, 0.5) is 17.6 Å². The highest BCUT2D eigenvalue weighted by Crippen LogP contribution is 2.06. The van der Waals surface area contributed by atoms with E-state index in [9.17, 15) is 17.6 Å². The van der Waals surface area contributed by atoms with E-state index < -0.39 is 23.5 Å². The molecule has 8 heteroatoms. The molecule has 0 atom stereocenters. The van der Waals surface area contributed by atoms with Gasteiger partial charge in [0.15, 0.2) is 11.6 Å². The van der Waals surface area contributed by atoms with Crippen LogP contribution in [0.25, 0.3) is 0 Å². The Morgan fingerprint density at radius 3 is 2.00 bits per heavy atom. The molecule has 0 unspecified atom stereocenters. The minimum atomic E-state index is -1.24. The van der Waals surface area contributed by atoms with Gasteiger partial charge in [0.05, 0.1) is 17.3 Å². The SMILES string of the molecule is CC.N#Cc1cc(F)ncc1F.N#Cc1ccnc(F)c1F. The molecule has 0 aromatic carbocycles. The van der Waals surface area contributed by atoms with Crippen LogP contribution in [0.5, 0.6) is 0 Å². The Balaban J connectivity index is 0.000000360. The molecular formula is C14H10F4N4. The van der Waals surface area contributed by atoms with Gasteiger partial charge in [0.2, 0.25) is 11.9 Å². The van der Waals surface area contributed by atoms with Crippen LogP contribution < -0.4 is 0 Å². The summed E-state index contributed by atoms with van der Waals surface area (Å²) in [4.78, 5) is 5.99. The summed E-state index contributed by atoms with van der Waals surface area (Å²) < 4.78 is 48.9. The average Bonchev–Trinajstić information content (AvgIpc) is 2.55. The van der Waals surface area contributed by atoms with Crippen LogP contribution in [0.15, 0.2) is 24.5 Å². The molecule has 0 radical (unpaired) electrons. The Hall–Kier alpha value is -3.00. The molecule has 22 heavy (non-hydrogen) atoms.